The minimum atomic E-state index is -0.425. The fourth-order valence-electron chi connectivity index (χ4n) is 1.23. The molecule has 1 rings (SSSR count). The molecule has 0 aliphatic heterocycles. The number of esters is 1. The van der Waals surface area contributed by atoms with Crippen LogP contribution in [0.2, 0.25) is 5.02 Å². The first-order valence-corrected chi connectivity index (χ1v) is 5.62. The first-order valence-electron chi connectivity index (χ1n) is 5.24. The first-order chi connectivity index (χ1) is 8.09. The monoisotopic (exact) mass is 260 g/mol. The van der Waals surface area contributed by atoms with Crippen LogP contribution in [0, 0.1) is 5.82 Å². The van der Waals surface area contributed by atoms with E-state index < -0.39 is 5.82 Å². The number of benzene rings is 1. The zero-order valence-electron chi connectivity index (χ0n) is 9.54. The van der Waals surface area contributed by atoms with Gasteiger partial charge in [-0.3, -0.25) is 4.79 Å². The van der Waals surface area contributed by atoms with Crippen LogP contribution < -0.4 is 0 Å². The summed E-state index contributed by atoms with van der Waals surface area (Å²) in [4.78, 5) is 10.4. The van der Waals surface area contributed by atoms with Gasteiger partial charge in [0.15, 0.2) is 0 Å². The Morgan fingerprint density at radius 2 is 2.12 bits per heavy atom. The van der Waals surface area contributed by atoms with Crippen molar-refractivity contribution in [3.63, 3.8) is 0 Å². The molecule has 0 radical (unpaired) electrons. The number of rotatable bonds is 6. The Morgan fingerprint density at radius 3 is 2.76 bits per heavy atom. The van der Waals surface area contributed by atoms with Crippen molar-refractivity contribution in [3.05, 3.63) is 34.6 Å². The van der Waals surface area contributed by atoms with E-state index in [1.807, 2.05) is 0 Å². The molecule has 0 amide bonds. The van der Waals surface area contributed by atoms with Crippen LogP contribution >= 0.6 is 11.6 Å². The van der Waals surface area contributed by atoms with E-state index in [2.05, 4.69) is 0 Å². The smallest absolute Gasteiger partial charge is 0.302 e. The molecule has 3 nitrogen and oxygen atoms in total. The van der Waals surface area contributed by atoms with Crippen LogP contribution in [0.25, 0.3) is 0 Å². The maximum absolute atomic E-state index is 12.9. The highest BCUT2D eigenvalue weighted by Crippen LogP contribution is 2.16. The number of carbonyl (C=O) groups excluding carboxylic acids is 1. The number of ether oxygens (including phenoxy) is 2. The Bertz CT molecular complexity index is 382. The van der Waals surface area contributed by atoms with Gasteiger partial charge < -0.3 is 9.47 Å². The normalized spacial score (nSPS) is 10.3. The van der Waals surface area contributed by atoms with E-state index in [9.17, 15) is 9.18 Å². The molecule has 0 heterocycles. The molecule has 5 heteroatoms. The summed E-state index contributed by atoms with van der Waals surface area (Å²) in [6, 6.07) is 4.57. The molecule has 0 saturated carbocycles. The Kier molecular flexibility index (Phi) is 5.94. The van der Waals surface area contributed by atoms with E-state index in [1.165, 1.54) is 13.0 Å². The third-order valence-corrected chi connectivity index (χ3v) is 2.34. The third kappa shape index (κ3) is 5.65. The lowest BCUT2D eigenvalue weighted by atomic mass is 10.1. The fourth-order valence-corrected chi connectivity index (χ4v) is 1.43. The zero-order chi connectivity index (χ0) is 12.7. The van der Waals surface area contributed by atoms with Crippen LogP contribution in [0.1, 0.15) is 12.5 Å². The van der Waals surface area contributed by atoms with Crippen molar-refractivity contribution in [1.82, 2.24) is 0 Å². The van der Waals surface area contributed by atoms with Gasteiger partial charge in [-0.15, -0.1) is 0 Å². The molecule has 0 unspecified atom stereocenters. The van der Waals surface area contributed by atoms with E-state index in [0.717, 1.165) is 5.56 Å². The van der Waals surface area contributed by atoms with E-state index >= 15 is 0 Å². The predicted molar refractivity (Wildman–Crippen MR) is 62.6 cm³/mol. The van der Waals surface area contributed by atoms with Crippen molar-refractivity contribution >= 4 is 17.6 Å². The molecule has 0 N–H and O–H groups in total. The molecule has 0 atom stereocenters. The molecule has 0 aliphatic carbocycles. The van der Waals surface area contributed by atoms with Crippen LogP contribution in [0.5, 0.6) is 0 Å². The van der Waals surface area contributed by atoms with Crippen LogP contribution in [0.3, 0.4) is 0 Å². The van der Waals surface area contributed by atoms with Crippen LogP contribution in [0.15, 0.2) is 18.2 Å². The lowest BCUT2D eigenvalue weighted by Crippen LogP contribution is -2.09. The molecule has 0 aromatic heterocycles. The summed E-state index contributed by atoms with van der Waals surface area (Å²) in [6.45, 7) is 2.43. The summed E-state index contributed by atoms with van der Waals surface area (Å²) in [7, 11) is 0. The maximum atomic E-state index is 12.9. The lowest BCUT2D eigenvalue weighted by molar-refractivity contribution is -0.142. The van der Waals surface area contributed by atoms with Gasteiger partial charge in [-0.25, -0.2) is 4.39 Å². The summed E-state index contributed by atoms with van der Waals surface area (Å²) in [5.74, 6) is -0.745. The van der Waals surface area contributed by atoms with E-state index in [1.54, 1.807) is 12.1 Å². The van der Waals surface area contributed by atoms with Crippen LogP contribution in [0.4, 0.5) is 4.39 Å². The van der Waals surface area contributed by atoms with Gasteiger partial charge in [-0.2, -0.15) is 0 Å². The van der Waals surface area contributed by atoms with Gasteiger partial charge in [0.05, 0.1) is 18.2 Å². The van der Waals surface area contributed by atoms with Gasteiger partial charge in [-0.05, 0) is 24.1 Å². The maximum Gasteiger partial charge on any atom is 0.302 e. The molecular formula is C12H14ClFO3. The van der Waals surface area contributed by atoms with Gasteiger partial charge in [-0.1, -0.05) is 17.7 Å². The fraction of sp³-hybridized carbons (Fsp3) is 0.417. The van der Waals surface area contributed by atoms with Crippen molar-refractivity contribution in [1.29, 1.82) is 0 Å². The molecule has 0 aliphatic rings. The van der Waals surface area contributed by atoms with Crippen LogP contribution in [-0.4, -0.2) is 25.8 Å². The third-order valence-electron chi connectivity index (χ3n) is 2.05. The van der Waals surface area contributed by atoms with E-state index in [0.29, 0.717) is 19.6 Å². The van der Waals surface area contributed by atoms with Gasteiger partial charge in [0.25, 0.3) is 0 Å². The number of carbonyl (C=O) groups is 1. The Hall–Kier alpha value is -1.13. The SMILES string of the molecule is CC(=O)OCCOCCc1ccc(F)c(Cl)c1. The average molecular weight is 261 g/mol. The highest BCUT2D eigenvalue weighted by atomic mass is 35.5. The van der Waals surface area contributed by atoms with Gasteiger partial charge in [0, 0.05) is 6.92 Å². The van der Waals surface area contributed by atoms with E-state index in [-0.39, 0.29) is 17.6 Å². The standard InChI is InChI=1S/C12H14ClFO3/c1-9(15)17-7-6-16-5-4-10-2-3-12(14)11(13)8-10/h2-3,8H,4-7H2,1H3. The van der Waals surface area contributed by atoms with Crippen molar-refractivity contribution < 1.29 is 18.7 Å². The molecule has 0 bridgehead atoms. The van der Waals surface area contributed by atoms with Crippen LogP contribution in [-0.2, 0) is 20.7 Å². The Balaban J connectivity index is 2.18. The molecule has 1 aromatic carbocycles. The number of halogens is 2. The van der Waals surface area contributed by atoms with Crippen molar-refractivity contribution in [2.45, 2.75) is 13.3 Å². The number of hydrogen-bond acceptors (Lipinski definition) is 3. The molecule has 1 aromatic rings. The summed E-state index contributed by atoms with van der Waals surface area (Å²) in [6.07, 6.45) is 0.639. The minimum Gasteiger partial charge on any atom is -0.463 e. The molecule has 0 fully saturated rings. The van der Waals surface area contributed by atoms with Gasteiger partial charge in [0.1, 0.15) is 12.4 Å². The lowest BCUT2D eigenvalue weighted by Gasteiger charge is -2.05. The van der Waals surface area contributed by atoms with Gasteiger partial charge >= 0.3 is 5.97 Å². The highest BCUT2D eigenvalue weighted by Gasteiger charge is 2.01. The zero-order valence-corrected chi connectivity index (χ0v) is 10.3. The van der Waals surface area contributed by atoms with Crippen molar-refractivity contribution in [3.8, 4) is 0 Å². The largest absolute Gasteiger partial charge is 0.463 e. The van der Waals surface area contributed by atoms with Crippen molar-refractivity contribution in [2.75, 3.05) is 19.8 Å². The second-order valence-corrected chi connectivity index (χ2v) is 3.86. The topological polar surface area (TPSA) is 35.5 Å². The molecular weight excluding hydrogens is 247 g/mol. The predicted octanol–water partition coefficient (Wildman–Crippen LogP) is 2.60. The summed E-state index contributed by atoms with van der Waals surface area (Å²) in [5, 5.41) is 0.113. The second kappa shape index (κ2) is 7.25. The molecule has 0 saturated heterocycles. The summed E-state index contributed by atoms with van der Waals surface area (Å²) in [5.41, 5.74) is 0.906. The Labute approximate surface area is 104 Å². The number of hydrogen-bond donors (Lipinski definition) is 0. The average Bonchev–Trinajstić information content (AvgIpc) is 2.27. The quantitative estimate of drug-likeness (QED) is 0.583. The first kappa shape index (κ1) is 13.9. The minimum absolute atomic E-state index is 0.113. The van der Waals surface area contributed by atoms with Gasteiger partial charge in [0.2, 0.25) is 0 Å². The summed E-state index contributed by atoms with van der Waals surface area (Å²) < 4.78 is 22.8. The summed E-state index contributed by atoms with van der Waals surface area (Å²) >= 11 is 5.64. The van der Waals surface area contributed by atoms with Crippen molar-refractivity contribution in [2.24, 2.45) is 0 Å². The highest BCUT2D eigenvalue weighted by molar-refractivity contribution is 6.30. The van der Waals surface area contributed by atoms with E-state index in [4.69, 9.17) is 21.1 Å². The second-order valence-electron chi connectivity index (χ2n) is 3.45. The Morgan fingerprint density at radius 1 is 1.35 bits per heavy atom. The molecule has 94 valence electrons. The molecule has 17 heavy (non-hydrogen) atoms. The molecule has 0 spiro atoms.